The second-order valence-electron chi connectivity index (χ2n) is 10.6. The van der Waals surface area contributed by atoms with E-state index in [9.17, 15) is 42.6 Å². The zero-order chi connectivity index (χ0) is 28.5. The number of esters is 1. The summed E-state index contributed by atoms with van der Waals surface area (Å²) in [5, 5.41) is 20.9. The van der Waals surface area contributed by atoms with E-state index < -0.39 is 85.0 Å². The standard InChI is InChI=1S/C22H33F3N3O8P/c1-21(2,3)36-14(29)11-27(19(33)22(23,24)25)9-12-10-28(20(34)26-17(12)32)18-16(31)15(30)13(35-18)7-8-37(4,5)6/h10,13,15-16,18,30-31H,4,7-9,11H2,1-3,5-6H3,(H,26,32,34)/t13-,15-,16-,18-/m1/s1. The molecule has 11 nitrogen and oxygen atoms in total. The van der Waals surface area contributed by atoms with Gasteiger partial charge in [-0.05, 0) is 46.7 Å². The van der Waals surface area contributed by atoms with E-state index in [0.29, 0.717) is 12.6 Å². The van der Waals surface area contributed by atoms with Crippen molar-refractivity contribution >= 4 is 25.1 Å². The number of alkyl halides is 3. The van der Waals surface area contributed by atoms with Crippen molar-refractivity contribution in [3.63, 3.8) is 0 Å². The molecule has 1 amide bonds. The Morgan fingerprint density at radius 1 is 1.22 bits per heavy atom. The highest BCUT2D eigenvalue weighted by Gasteiger charge is 2.45. The molecule has 1 saturated heterocycles. The van der Waals surface area contributed by atoms with Crippen LogP contribution >= 0.6 is 6.89 Å². The fourth-order valence-electron chi connectivity index (χ4n) is 3.62. The second kappa shape index (κ2) is 11.1. The Morgan fingerprint density at radius 2 is 1.81 bits per heavy atom. The summed E-state index contributed by atoms with van der Waals surface area (Å²) in [6.45, 7) is 4.74. The van der Waals surface area contributed by atoms with Crippen LogP contribution in [0.5, 0.6) is 0 Å². The average Bonchev–Trinajstić information content (AvgIpc) is 2.98. The number of hydrogen-bond acceptors (Lipinski definition) is 8. The number of H-pyrrole nitrogens is 1. The number of aromatic nitrogens is 2. The number of rotatable bonds is 8. The van der Waals surface area contributed by atoms with Crippen LogP contribution in [0.1, 0.15) is 39.0 Å². The van der Waals surface area contributed by atoms with Gasteiger partial charge in [0.15, 0.2) is 6.23 Å². The van der Waals surface area contributed by atoms with E-state index in [1.165, 1.54) is 20.8 Å². The van der Waals surface area contributed by atoms with Crippen molar-refractivity contribution in [1.29, 1.82) is 0 Å². The number of nitrogens with zero attached hydrogens (tertiary/aromatic N) is 2. The predicted molar refractivity (Wildman–Crippen MR) is 130 cm³/mol. The molecular weight excluding hydrogens is 522 g/mol. The number of carbonyl (C=O) groups is 2. The topological polar surface area (TPSA) is 151 Å². The first-order valence-electron chi connectivity index (χ1n) is 11.3. The molecule has 2 rings (SSSR count). The van der Waals surface area contributed by atoms with Crippen molar-refractivity contribution in [2.24, 2.45) is 0 Å². The third-order valence-electron chi connectivity index (χ3n) is 5.30. The maximum absolute atomic E-state index is 13.2. The molecule has 15 heteroatoms. The molecule has 37 heavy (non-hydrogen) atoms. The van der Waals surface area contributed by atoms with E-state index in [-0.39, 0.29) is 4.90 Å². The number of amides is 1. The molecule has 0 spiro atoms. The van der Waals surface area contributed by atoms with Crippen molar-refractivity contribution < 1.29 is 42.4 Å². The van der Waals surface area contributed by atoms with E-state index in [4.69, 9.17) is 9.47 Å². The number of aliphatic hydroxyl groups excluding tert-OH is 2. The van der Waals surface area contributed by atoms with Crippen LogP contribution in [0.4, 0.5) is 13.2 Å². The molecule has 3 N–H and O–H groups in total. The summed E-state index contributed by atoms with van der Waals surface area (Å²) in [6, 6.07) is 0. The molecule has 0 aromatic carbocycles. The molecule has 1 aliphatic rings. The number of aromatic amines is 1. The molecule has 210 valence electrons. The van der Waals surface area contributed by atoms with Crippen LogP contribution in [0, 0.1) is 0 Å². The van der Waals surface area contributed by atoms with Gasteiger partial charge in [0.1, 0.15) is 24.4 Å². The molecular formula is C22H33F3N3O8P. The highest BCUT2D eigenvalue weighted by Crippen LogP contribution is 2.39. The van der Waals surface area contributed by atoms with Crippen LogP contribution in [-0.2, 0) is 25.6 Å². The normalized spacial score (nSPS) is 22.6. The lowest BCUT2D eigenvalue weighted by Gasteiger charge is -2.26. The minimum Gasteiger partial charge on any atom is -0.459 e. The summed E-state index contributed by atoms with van der Waals surface area (Å²) in [5.74, 6) is -3.55. The van der Waals surface area contributed by atoms with Crippen LogP contribution < -0.4 is 11.2 Å². The lowest BCUT2D eigenvalue weighted by atomic mass is 10.1. The van der Waals surface area contributed by atoms with Crippen molar-refractivity contribution in [1.82, 2.24) is 14.5 Å². The number of halogens is 3. The summed E-state index contributed by atoms with van der Waals surface area (Å²) < 4.78 is 51.0. The highest BCUT2D eigenvalue weighted by atomic mass is 31.2. The lowest BCUT2D eigenvalue weighted by molar-refractivity contribution is -0.188. The average molecular weight is 555 g/mol. The summed E-state index contributed by atoms with van der Waals surface area (Å²) in [5.41, 5.74) is -3.72. The predicted octanol–water partition coefficient (Wildman–Crippen LogP) is 0.488. The first-order valence-corrected chi connectivity index (χ1v) is 14.4. The number of ether oxygens (including phenoxy) is 2. The third-order valence-corrected chi connectivity index (χ3v) is 6.77. The Kier molecular flexibility index (Phi) is 9.28. The van der Waals surface area contributed by atoms with Crippen LogP contribution in [-0.4, -0.2) is 99.0 Å². The van der Waals surface area contributed by atoms with Crippen LogP contribution in [0.25, 0.3) is 0 Å². The summed E-state index contributed by atoms with van der Waals surface area (Å²) in [6.07, 6.45) is -4.85. The molecule has 1 aromatic heterocycles. The van der Waals surface area contributed by atoms with Gasteiger partial charge in [0.2, 0.25) is 0 Å². The number of nitrogens with one attached hydrogen (secondary N) is 1. The molecule has 0 aliphatic carbocycles. The first-order chi connectivity index (χ1) is 16.7. The smallest absolute Gasteiger partial charge is 0.459 e. The molecule has 2 heterocycles. The van der Waals surface area contributed by atoms with Gasteiger partial charge in [-0.1, -0.05) is 0 Å². The molecule has 1 fully saturated rings. The van der Waals surface area contributed by atoms with E-state index in [1.54, 1.807) is 0 Å². The molecule has 0 bridgehead atoms. The van der Waals surface area contributed by atoms with E-state index >= 15 is 0 Å². The summed E-state index contributed by atoms with van der Waals surface area (Å²) >= 11 is 0. The van der Waals surface area contributed by atoms with E-state index in [2.05, 4.69) is 6.30 Å². The van der Waals surface area contributed by atoms with Crippen molar-refractivity contribution in [3.05, 3.63) is 32.6 Å². The van der Waals surface area contributed by atoms with Crippen molar-refractivity contribution in [3.8, 4) is 0 Å². The first kappa shape index (κ1) is 30.8. The quantitative estimate of drug-likeness (QED) is 0.310. The monoisotopic (exact) mass is 555 g/mol. The molecule has 1 aromatic rings. The molecule has 0 radical (unpaired) electrons. The van der Waals surface area contributed by atoms with Gasteiger partial charge in [-0.3, -0.25) is 23.9 Å². The van der Waals surface area contributed by atoms with Crippen LogP contribution in [0.3, 0.4) is 0 Å². The zero-order valence-electron chi connectivity index (χ0n) is 21.2. The largest absolute Gasteiger partial charge is 0.471 e. The maximum Gasteiger partial charge on any atom is 0.471 e. The number of aliphatic hydroxyl groups is 2. The van der Waals surface area contributed by atoms with Crippen LogP contribution in [0.15, 0.2) is 15.8 Å². The minimum atomic E-state index is -5.37. The van der Waals surface area contributed by atoms with Gasteiger partial charge >= 0.3 is 23.7 Å². The van der Waals surface area contributed by atoms with E-state index in [0.717, 1.165) is 10.8 Å². The van der Waals surface area contributed by atoms with Gasteiger partial charge in [0.25, 0.3) is 5.56 Å². The Bertz CT molecular complexity index is 1170. The van der Waals surface area contributed by atoms with Gasteiger partial charge in [0, 0.05) is 6.20 Å². The van der Waals surface area contributed by atoms with Crippen molar-refractivity contribution in [2.75, 3.05) is 26.0 Å². The van der Waals surface area contributed by atoms with Gasteiger partial charge in [-0.2, -0.15) is 13.2 Å². The zero-order valence-corrected chi connectivity index (χ0v) is 22.1. The molecule has 4 atom stereocenters. The number of carbonyl (C=O) groups excluding carboxylic acids is 2. The van der Waals surface area contributed by atoms with Crippen LogP contribution in [0.2, 0.25) is 0 Å². The fraction of sp³-hybridized carbons (Fsp3) is 0.682. The summed E-state index contributed by atoms with van der Waals surface area (Å²) in [7, 11) is 0. The Balaban J connectivity index is 2.38. The highest BCUT2D eigenvalue weighted by molar-refractivity contribution is 7.72. The maximum atomic E-state index is 13.2. The van der Waals surface area contributed by atoms with Gasteiger partial charge in [-0.25, -0.2) is 4.79 Å². The minimum absolute atomic E-state index is 0.0665. The molecule has 0 saturated carbocycles. The number of hydrogen-bond donors (Lipinski definition) is 3. The fourth-order valence-corrected chi connectivity index (χ4v) is 4.57. The van der Waals surface area contributed by atoms with Gasteiger partial charge < -0.3 is 24.6 Å². The Hall–Kier alpha value is -2.41. The Labute approximate surface area is 211 Å². The third kappa shape index (κ3) is 8.56. The second-order valence-corrected chi connectivity index (χ2v) is 14.9. The summed E-state index contributed by atoms with van der Waals surface area (Å²) in [4.78, 5) is 51.0. The molecule has 0 unspecified atom stereocenters. The van der Waals surface area contributed by atoms with Gasteiger partial charge in [-0.15, -0.1) is 13.2 Å². The van der Waals surface area contributed by atoms with Gasteiger partial charge in [0.05, 0.1) is 18.2 Å². The SMILES string of the molecule is C=P(C)(C)CC[C@H]1O[C@@H](n2cc(CN(CC(=O)OC(C)(C)C)C(=O)C(F)(F)F)c(=O)[nH]c2=O)[C@H](O)[C@@H]1O. The van der Waals surface area contributed by atoms with Crippen molar-refractivity contribution in [2.45, 2.75) is 70.1 Å². The lowest BCUT2D eigenvalue weighted by Crippen LogP contribution is -2.46. The molecule has 1 aliphatic heterocycles. The van der Waals surface area contributed by atoms with E-state index in [1.807, 2.05) is 18.3 Å². The Morgan fingerprint density at radius 3 is 2.32 bits per heavy atom.